The van der Waals surface area contributed by atoms with E-state index < -0.39 is 12.0 Å². The van der Waals surface area contributed by atoms with E-state index in [0.717, 1.165) is 29.3 Å². The monoisotopic (exact) mass is 481 g/mol. The number of amides is 1. The summed E-state index contributed by atoms with van der Waals surface area (Å²) in [7, 11) is 0. The molecule has 5 aliphatic rings. The van der Waals surface area contributed by atoms with Gasteiger partial charge in [-0.15, -0.1) is 11.3 Å². The average molecular weight is 482 g/mol. The Labute approximate surface area is 205 Å². The molecule has 0 unspecified atom stereocenters. The first kappa shape index (κ1) is 22.4. The van der Waals surface area contributed by atoms with Crippen LogP contribution in [0, 0.1) is 29.1 Å². The van der Waals surface area contributed by atoms with E-state index in [4.69, 9.17) is 4.74 Å². The van der Waals surface area contributed by atoms with E-state index in [-0.39, 0.29) is 11.3 Å². The maximum absolute atomic E-state index is 13.6. The molecule has 5 fully saturated rings. The lowest BCUT2D eigenvalue weighted by atomic mass is 9.47. The van der Waals surface area contributed by atoms with E-state index in [1.54, 1.807) is 11.3 Å². The lowest BCUT2D eigenvalue weighted by Gasteiger charge is -2.58. The van der Waals surface area contributed by atoms with Crippen LogP contribution in [0.15, 0.2) is 23.6 Å². The second-order valence-corrected chi connectivity index (χ2v) is 12.6. The average Bonchev–Trinajstić information content (AvgIpc) is 3.29. The van der Waals surface area contributed by atoms with Gasteiger partial charge >= 0.3 is 5.97 Å². The van der Waals surface area contributed by atoms with Gasteiger partial charge in [-0.1, -0.05) is 19.3 Å². The van der Waals surface area contributed by atoms with E-state index >= 15 is 0 Å². The summed E-state index contributed by atoms with van der Waals surface area (Å²) in [5, 5.41) is 16.3. The number of rotatable bonds is 7. The van der Waals surface area contributed by atoms with Crippen molar-refractivity contribution in [1.82, 2.24) is 5.32 Å². The highest BCUT2D eigenvalue weighted by molar-refractivity contribution is 7.17. The van der Waals surface area contributed by atoms with Gasteiger partial charge in [0.2, 0.25) is 0 Å². The fourth-order valence-corrected chi connectivity index (χ4v) is 8.91. The maximum Gasteiger partial charge on any atom is 0.326 e. The Bertz CT molecular complexity index is 1050. The second-order valence-electron chi connectivity index (χ2n) is 11.6. The van der Waals surface area contributed by atoms with E-state index in [2.05, 4.69) is 5.32 Å². The standard InChI is InChI=1S/C28H35NO4S/c30-26(29-25(27(31)32)28-13-18-10-19(14-28)12-20(11-18)15-28)22-6-7-23-21(8-9-34-23)24(22)33-16-17-4-2-1-3-5-17/h6-9,17-20,25H,1-5,10-16H2,(H,29,30)(H,31,32)/t18?,19?,20?,25-,28?/m1/s1. The number of hydrogen-bond donors (Lipinski definition) is 2. The number of fused-ring (bicyclic) bond motifs is 1. The normalized spacial score (nSPS) is 31.5. The molecule has 5 aliphatic carbocycles. The third-order valence-electron chi connectivity index (χ3n) is 9.24. The number of aliphatic carboxylic acids is 1. The molecule has 1 amide bonds. The molecule has 182 valence electrons. The summed E-state index contributed by atoms with van der Waals surface area (Å²) in [6.07, 6.45) is 12.7. The smallest absolute Gasteiger partial charge is 0.326 e. The maximum atomic E-state index is 13.6. The fraction of sp³-hybridized carbons (Fsp3) is 0.643. The van der Waals surface area contributed by atoms with Crippen LogP contribution in [-0.4, -0.2) is 29.6 Å². The highest BCUT2D eigenvalue weighted by atomic mass is 32.1. The van der Waals surface area contributed by atoms with Crippen molar-refractivity contribution in [2.75, 3.05) is 6.61 Å². The summed E-state index contributed by atoms with van der Waals surface area (Å²) in [6.45, 7) is 0.618. The molecular formula is C28H35NO4S. The molecule has 1 atom stereocenters. The van der Waals surface area contributed by atoms with Crippen LogP contribution >= 0.6 is 11.3 Å². The van der Waals surface area contributed by atoms with E-state index in [0.29, 0.717) is 41.6 Å². The number of nitrogens with one attached hydrogen (secondary N) is 1. The first-order chi connectivity index (χ1) is 16.5. The van der Waals surface area contributed by atoms with Crippen molar-refractivity contribution in [3.8, 4) is 5.75 Å². The molecule has 0 saturated heterocycles. The van der Waals surface area contributed by atoms with Crippen LogP contribution in [0.4, 0.5) is 0 Å². The number of carboxylic acid groups (broad SMARTS) is 1. The second kappa shape index (κ2) is 8.85. The summed E-state index contributed by atoms with van der Waals surface area (Å²) in [5.74, 6) is 1.82. The number of carboxylic acids is 1. The quantitative estimate of drug-likeness (QED) is 0.489. The fourth-order valence-electron chi connectivity index (χ4n) is 8.12. The van der Waals surface area contributed by atoms with Crippen LogP contribution in [-0.2, 0) is 4.79 Å². The van der Waals surface area contributed by atoms with E-state index in [9.17, 15) is 14.7 Å². The van der Waals surface area contributed by atoms with Crippen molar-refractivity contribution >= 4 is 33.3 Å². The topological polar surface area (TPSA) is 75.6 Å². The Morgan fingerprint density at radius 2 is 1.71 bits per heavy atom. The Balaban J connectivity index is 1.27. The van der Waals surface area contributed by atoms with Crippen LogP contribution in [0.1, 0.15) is 81.0 Å². The Morgan fingerprint density at radius 1 is 1.03 bits per heavy atom. The molecule has 0 aliphatic heterocycles. The molecule has 1 heterocycles. The Hall–Kier alpha value is -2.08. The molecule has 0 radical (unpaired) electrons. The van der Waals surface area contributed by atoms with E-state index in [1.807, 2.05) is 23.6 Å². The molecule has 7 rings (SSSR count). The van der Waals surface area contributed by atoms with Crippen molar-refractivity contribution in [2.45, 2.75) is 76.7 Å². The molecular weight excluding hydrogens is 446 g/mol. The van der Waals surface area contributed by atoms with Crippen molar-refractivity contribution in [3.63, 3.8) is 0 Å². The Morgan fingerprint density at radius 3 is 2.35 bits per heavy atom. The van der Waals surface area contributed by atoms with Gasteiger partial charge in [-0.2, -0.15) is 0 Å². The zero-order valence-electron chi connectivity index (χ0n) is 19.8. The van der Waals surface area contributed by atoms with Crippen molar-refractivity contribution in [1.29, 1.82) is 0 Å². The lowest BCUT2D eigenvalue weighted by Crippen LogP contribution is -2.59. The number of hydrogen-bond acceptors (Lipinski definition) is 4. The molecule has 5 saturated carbocycles. The molecule has 4 bridgehead atoms. The first-order valence-corrected chi connectivity index (χ1v) is 14.1. The number of benzene rings is 1. The highest BCUT2D eigenvalue weighted by Gasteiger charge is 2.56. The van der Waals surface area contributed by atoms with Gasteiger partial charge in [-0.25, -0.2) is 4.79 Å². The molecule has 1 aromatic carbocycles. The summed E-state index contributed by atoms with van der Waals surface area (Å²) >= 11 is 1.63. The van der Waals surface area contributed by atoms with Gasteiger partial charge in [0.25, 0.3) is 5.91 Å². The van der Waals surface area contributed by atoms with Crippen molar-refractivity contribution in [2.24, 2.45) is 29.1 Å². The SMILES string of the molecule is O=C(N[C@H](C(=O)O)C12CC3CC(CC(C3)C1)C2)c1ccc2sccc2c1OCC1CCCCC1. The third-order valence-corrected chi connectivity index (χ3v) is 10.1. The number of ether oxygens (including phenoxy) is 1. The largest absolute Gasteiger partial charge is 0.492 e. The van der Waals surface area contributed by atoms with Crippen LogP contribution in [0.5, 0.6) is 5.75 Å². The molecule has 0 spiro atoms. The predicted molar refractivity (Wildman–Crippen MR) is 133 cm³/mol. The Kier molecular flexibility index (Phi) is 5.83. The van der Waals surface area contributed by atoms with Crippen LogP contribution in [0.25, 0.3) is 10.1 Å². The summed E-state index contributed by atoms with van der Waals surface area (Å²) < 4.78 is 7.45. The summed E-state index contributed by atoms with van der Waals surface area (Å²) in [4.78, 5) is 26.2. The van der Waals surface area contributed by atoms with Gasteiger partial charge in [0.15, 0.2) is 0 Å². The zero-order chi connectivity index (χ0) is 23.3. The third kappa shape index (κ3) is 4.02. The minimum atomic E-state index is -0.892. The molecule has 2 aromatic rings. The van der Waals surface area contributed by atoms with Crippen molar-refractivity contribution < 1.29 is 19.4 Å². The van der Waals surface area contributed by atoms with Gasteiger partial charge in [-0.05, 0) is 98.6 Å². The van der Waals surface area contributed by atoms with Gasteiger partial charge in [-0.3, -0.25) is 4.79 Å². The predicted octanol–water partition coefficient (Wildman–Crippen LogP) is 6.26. The minimum Gasteiger partial charge on any atom is -0.492 e. The van der Waals surface area contributed by atoms with Gasteiger partial charge in [0, 0.05) is 15.5 Å². The lowest BCUT2D eigenvalue weighted by molar-refractivity contribution is -0.150. The molecule has 34 heavy (non-hydrogen) atoms. The molecule has 5 nitrogen and oxygen atoms in total. The summed E-state index contributed by atoms with van der Waals surface area (Å²) in [5.41, 5.74) is 0.170. The number of thiophene rings is 1. The zero-order valence-corrected chi connectivity index (χ0v) is 20.6. The van der Waals surface area contributed by atoms with Crippen LogP contribution in [0.2, 0.25) is 0 Å². The highest BCUT2D eigenvalue weighted by Crippen LogP contribution is 2.61. The van der Waals surface area contributed by atoms with Gasteiger partial charge in [0.1, 0.15) is 11.8 Å². The van der Waals surface area contributed by atoms with Gasteiger partial charge in [0.05, 0.1) is 12.2 Å². The number of carbonyl (C=O) groups is 2. The van der Waals surface area contributed by atoms with Gasteiger partial charge < -0.3 is 15.2 Å². The number of carbonyl (C=O) groups excluding carboxylic acids is 1. The van der Waals surface area contributed by atoms with Crippen LogP contribution in [0.3, 0.4) is 0 Å². The molecule has 6 heteroatoms. The minimum absolute atomic E-state index is 0.300. The summed E-state index contributed by atoms with van der Waals surface area (Å²) in [6, 6.07) is 4.96. The first-order valence-electron chi connectivity index (χ1n) is 13.2. The molecule has 1 aromatic heterocycles. The van der Waals surface area contributed by atoms with E-state index in [1.165, 1.54) is 51.4 Å². The van der Waals surface area contributed by atoms with Crippen LogP contribution < -0.4 is 10.1 Å². The molecule has 2 N–H and O–H groups in total. The van der Waals surface area contributed by atoms with Crippen molar-refractivity contribution in [3.05, 3.63) is 29.1 Å².